The number of piperidine rings is 1. The third-order valence-electron chi connectivity index (χ3n) is 6.14. The molecule has 1 atom stereocenters. The number of rotatable bonds is 7. The van der Waals surface area contributed by atoms with Crippen LogP contribution in [0.5, 0.6) is 5.75 Å². The molecule has 3 heterocycles. The summed E-state index contributed by atoms with van der Waals surface area (Å²) < 4.78 is 9.46. The molecule has 1 aliphatic rings. The Labute approximate surface area is 202 Å². The van der Waals surface area contributed by atoms with Crippen LogP contribution in [0.3, 0.4) is 0 Å². The van der Waals surface area contributed by atoms with Gasteiger partial charge < -0.3 is 15.4 Å². The van der Waals surface area contributed by atoms with Crippen molar-refractivity contribution in [1.29, 1.82) is 0 Å². The third-order valence-corrected chi connectivity index (χ3v) is 6.14. The number of imidazole rings is 1. The third kappa shape index (κ3) is 4.72. The average Bonchev–Trinajstić information content (AvgIpc) is 3.24. The minimum Gasteiger partial charge on any atom is -0.494 e. The number of carbonyl (C=O) groups excluding carboxylic acids is 1. The highest BCUT2D eigenvalue weighted by atomic mass is 16.5. The lowest BCUT2D eigenvalue weighted by Gasteiger charge is -2.31. The van der Waals surface area contributed by atoms with Crippen LogP contribution in [0.1, 0.15) is 37.0 Å². The van der Waals surface area contributed by atoms with Crippen molar-refractivity contribution in [2.24, 2.45) is 12.8 Å². The van der Waals surface area contributed by atoms with Crippen molar-refractivity contribution >= 4 is 22.9 Å². The fourth-order valence-corrected chi connectivity index (χ4v) is 4.40. The molecule has 1 unspecified atom stereocenters. The molecule has 0 amide bonds. The molecule has 0 radical (unpaired) electrons. The Bertz CT molecular complexity index is 1440. The van der Waals surface area contributed by atoms with E-state index in [4.69, 9.17) is 10.5 Å². The van der Waals surface area contributed by atoms with E-state index in [0.717, 1.165) is 24.0 Å². The number of ketones is 1. The average molecular weight is 479 g/mol. The molecule has 35 heavy (non-hydrogen) atoms. The zero-order valence-corrected chi connectivity index (χ0v) is 20.3. The number of fused-ring (bicyclic) bond motifs is 1. The zero-order chi connectivity index (χ0) is 25.1. The van der Waals surface area contributed by atoms with Crippen LogP contribution in [0.25, 0.3) is 11.2 Å². The molecule has 1 aromatic carbocycles. The molecule has 2 aromatic heterocycles. The summed E-state index contributed by atoms with van der Waals surface area (Å²) in [6, 6.07) is 6.70. The fraction of sp³-hybridized carbons (Fsp3) is 0.440. The van der Waals surface area contributed by atoms with Gasteiger partial charge >= 0.3 is 5.69 Å². The monoisotopic (exact) mass is 478 g/mol. The van der Waals surface area contributed by atoms with Crippen molar-refractivity contribution in [2.75, 3.05) is 24.6 Å². The summed E-state index contributed by atoms with van der Waals surface area (Å²) in [5.74, 6) is 6.59. The minimum absolute atomic E-state index is 0.000165. The number of carbonyl (C=O) groups is 1. The Hall–Kier alpha value is -3.84. The predicted octanol–water partition coefficient (Wildman–Crippen LogP) is 1.13. The highest BCUT2D eigenvalue weighted by Crippen LogP contribution is 2.23. The van der Waals surface area contributed by atoms with Gasteiger partial charge in [-0.15, -0.1) is 5.92 Å². The molecule has 10 heteroatoms. The predicted molar refractivity (Wildman–Crippen MR) is 134 cm³/mol. The van der Waals surface area contributed by atoms with Gasteiger partial charge in [-0.3, -0.25) is 23.3 Å². The Balaban J connectivity index is 1.83. The van der Waals surface area contributed by atoms with Crippen molar-refractivity contribution in [3.63, 3.8) is 0 Å². The fourth-order valence-electron chi connectivity index (χ4n) is 4.40. The van der Waals surface area contributed by atoms with Crippen molar-refractivity contribution in [3.8, 4) is 17.6 Å². The number of benzene rings is 1. The van der Waals surface area contributed by atoms with Gasteiger partial charge in [0.2, 0.25) is 5.95 Å². The first-order chi connectivity index (χ1) is 16.8. The number of ether oxygens (including phenoxy) is 1. The number of nitrogens with zero attached hydrogens (tertiary/aromatic N) is 5. The molecule has 0 bridgehead atoms. The lowest BCUT2D eigenvalue weighted by molar-refractivity contribution is 0.0968. The van der Waals surface area contributed by atoms with Crippen LogP contribution in [0, 0.1) is 11.8 Å². The van der Waals surface area contributed by atoms with Crippen molar-refractivity contribution in [1.82, 2.24) is 18.7 Å². The number of anilines is 1. The van der Waals surface area contributed by atoms with Crippen LogP contribution in [0.2, 0.25) is 0 Å². The first-order valence-corrected chi connectivity index (χ1v) is 11.7. The van der Waals surface area contributed by atoms with Gasteiger partial charge in [0.1, 0.15) is 5.75 Å². The molecule has 4 rings (SSSR count). The Morgan fingerprint density at radius 2 is 2.09 bits per heavy atom. The largest absolute Gasteiger partial charge is 0.494 e. The quantitative estimate of drug-likeness (QED) is 0.400. The van der Waals surface area contributed by atoms with E-state index in [1.54, 1.807) is 42.8 Å². The van der Waals surface area contributed by atoms with Crippen LogP contribution in [-0.2, 0) is 20.1 Å². The van der Waals surface area contributed by atoms with E-state index in [-0.39, 0.29) is 29.5 Å². The van der Waals surface area contributed by atoms with E-state index >= 15 is 0 Å². The molecule has 0 spiro atoms. The van der Waals surface area contributed by atoms with E-state index < -0.39 is 17.8 Å². The summed E-state index contributed by atoms with van der Waals surface area (Å²) in [6.07, 6.45) is 1.83. The number of nitrogens with two attached hydrogens (primary N) is 1. The standard InChI is InChI=1S/C25H30N6O4/c1-4-6-13-30-21-22(27-24(30)29-12-8-10-18(26)15-29)28(3)25(34)31(23(21)33)16-20(32)17-9-7-11-19(14-17)35-5-2/h7,9,11,14,18H,5,8,10,12-13,15-16,26H2,1-3H3. The van der Waals surface area contributed by atoms with Gasteiger partial charge in [-0.05, 0) is 38.8 Å². The molecule has 10 nitrogen and oxygen atoms in total. The summed E-state index contributed by atoms with van der Waals surface area (Å²) in [6.45, 7) is 5.21. The highest BCUT2D eigenvalue weighted by Gasteiger charge is 2.26. The Morgan fingerprint density at radius 3 is 2.80 bits per heavy atom. The Kier molecular flexibility index (Phi) is 7.07. The summed E-state index contributed by atoms with van der Waals surface area (Å²) in [5, 5.41) is 0. The van der Waals surface area contributed by atoms with Crippen LogP contribution in [0.15, 0.2) is 33.9 Å². The second-order valence-corrected chi connectivity index (χ2v) is 8.56. The van der Waals surface area contributed by atoms with Crippen LogP contribution in [-0.4, -0.2) is 50.2 Å². The van der Waals surface area contributed by atoms with Crippen LogP contribution in [0.4, 0.5) is 5.95 Å². The maximum absolute atomic E-state index is 13.6. The van der Waals surface area contributed by atoms with E-state index in [2.05, 4.69) is 16.8 Å². The maximum atomic E-state index is 13.6. The summed E-state index contributed by atoms with van der Waals surface area (Å²) in [5.41, 5.74) is 5.85. The van der Waals surface area contributed by atoms with Gasteiger partial charge in [-0.2, -0.15) is 4.98 Å². The van der Waals surface area contributed by atoms with Gasteiger partial charge in [-0.1, -0.05) is 18.1 Å². The molecule has 0 saturated carbocycles. The number of aryl methyl sites for hydroxylation is 1. The number of aromatic nitrogens is 4. The van der Waals surface area contributed by atoms with E-state index in [9.17, 15) is 14.4 Å². The molecular weight excluding hydrogens is 448 g/mol. The maximum Gasteiger partial charge on any atom is 0.332 e. The van der Waals surface area contributed by atoms with Crippen molar-refractivity contribution < 1.29 is 9.53 Å². The minimum atomic E-state index is -0.607. The lowest BCUT2D eigenvalue weighted by atomic mass is 10.1. The summed E-state index contributed by atoms with van der Waals surface area (Å²) >= 11 is 0. The molecule has 2 N–H and O–H groups in total. The number of Topliss-reactive ketones (excluding diaryl/α,β-unsaturated/α-hetero) is 1. The molecular formula is C25H30N6O4. The van der Waals surface area contributed by atoms with Gasteiger partial charge in [0.25, 0.3) is 5.56 Å². The normalized spacial score (nSPS) is 15.7. The van der Waals surface area contributed by atoms with Gasteiger partial charge in [-0.25, -0.2) is 4.79 Å². The zero-order valence-electron chi connectivity index (χ0n) is 20.3. The van der Waals surface area contributed by atoms with Gasteiger partial charge in [0.05, 0.1) is 19.7 Å². The summed E-state index contributed by atoms with van der Waals surface area (Å²) in [7, 11) is 1.55. The lowest BCUT2D eigenvalue weighted by Crippen LogP contribution is -2.44. The molecule has 1 fully saturated rings. The molecule has 1 aliphatic heterocycles. The molecule has 0 aliphatic carbocycles. The Morgan fingerprint density at radius 1 is 1.29 bits per heavy atom. The topological polar surface area (TPSA) is 117 Å². The SMILES string of the molecule is CC#CCn1c(N2CCCC(N)C2)nc2c1c(=O)n(CC(=O)c1cccc(OCC)c1)c(=O)n2C. The second kappa shape index (κ2) is 10.2. The van der Waals surface area contributed by atoms with Crippen molar-refractivity contribution in [2.45, 2.75) is 45.8 Å². The van der Waals surface area contributed by atoms with Gasteiger partial charge in [0, 0.05) is 31.7 Å². The smallest absolute Gasteiger partial charge is 0.332 e. The second-order valence-electron chi connectivity index (χ2n) is 8.56. The van der Waals surface area contributed by atoms with Crippen LogP contribution >= 0.6 is 0 Å². The van der Waals surface area contributed by atoms with E-state index in [0.29, 0.717) is 30.4 Å². The molecule has 3 aromatic rings. The van der Waals surface area contributed by atoms with E-state index in [1.807, 2.05) is 11.8 Å². The first kappa shape index (κ1) is 24.3. The number of hydrogen-bond acceptors (Lipinski definition) is 7. The summed E-state index contributed by atoms with van der Waals surface area (Å²) in [4.78, 5) is 46.5. The van der Waals surface area contributed by atoms with Crippen LogP contribution < -0.4 is 26.6 Å². The first-order valence-electron chi connectivity index (χ1n) is 11.7. The molecule has 1 saturated heterocycles. The number of hydrogen-bond donors (Lipinski definition) is 1. The van der Waals surface area contributed by atoms with E-state index in [1.165, 1.54) is 4.57 Å². The van der Waals surface area contributed by atoms with Crippen molar-refractivity contribution in [3.05, 3.63) is 50.7 Å². The highest BCUT2D eigenvalue weighted by molar-refractivity contribution is 5.96. The molecule has 184 valence electrons. The van der Waals surface area contributed by atoms with Gasteiger partial charge in [0.15, 0.2) is 16.9 Å².